The molecule has 1 N–H and O–H groups in total. The first-order chi connectivity index (χ1) is 11.7. The highest BCUT2D eigenvalue weighted by atomic mass is 16.5. The van der Waals surface area contributed by atoms with E-state index in [0.717, 1.165) is 57.1 Å². The van der Waals surface area contributed by atoms with Gasteiger partial charge in [0.1, 0.15) is 11.9 Å². The molecule has 0 bridgehead atoms. The molecular formula is C17H25N5O2. The van der Waals surface area contributed by atoms with E-state index in [9.17, 15) is 5.11 Å². The molecule has 0 amide bonds. The smallest absolute Gasteiger partial charge is 0.122 e. The number of ether oxygens (including phenoxy) is 1. The minimum atomic E-state index is -0.385. The van der Waals surface area contributed by atoms with Gasteiger partial charge in [0.2, 0.25) is 0 Å². The zero-order chi connectivity index (χ0) is 16.5. The molecule has 7 nitrogen and oxygen atoms in total. The Hall–Kier alpha value is -1.70. The van der Waals surface area contributed by atoms with Crippen LogP contribution in [0.4, 0.5) is 0 Å². The molecule has 130 valence electrons. The lowest BCUT2D eigenvalue weighted by Gasteiger charge is -2.27. The van der Waals surface area contributed by atoms with Gasteiger partial charge in [-0.1, -0.05) is 0 Å². The number of hydrogen-bond acceptors (Lipinski definition) is 5. The Morgan fingerprint density at radius 3 is 3.04 bits per heavy atom. The van der Waals surface area contributed by atoms with Crippen LogP contribution >= 0.6 is 0 Å². The molecule has 1 aliphatic heterocycles. The second kappa shape index (κ2) is 6.66. The number of aliphatic hydroxyl groups is 1. The largest absolute Gasteiger partial charge is 0.386 e. The van der Waals surface area contributed by atoms with Crippen molar-refractivity contribution in [1.29, 1.82) is 0 Å². The van der Waals surface area contributed by atoms with Crippen LogP contribution in [0.15, 0.2) is 18.5 Å². The highest BCUT2D eigenvalue weighted by Crippen LogP contribution is 2.40. The van der Waals surface area contributed by atoms with Gasteiger partial charge in [0.05, 0.1) is 31.1 Å². The van der Waals surface area contributed by atoms with Crippen LogP contribution in [0.25, 0.3) is 0 Å². The average molecular weight is 331 g/mol. The maximum absolute atomic E-state index is 10.3. The highest BCUT2D eigenvalue weighted by Gasteiger charge is 2.33. The van der Waals surface area contributed by atoms with Crippen molar-refractivity contribution in [3.63, 3.8) is 0 Å². The quantitative estimate of drug-likeness (QED) is 0.825. The zero-order valence-corrected chi connectivity index (χ0v) is 14.1. The van der Waals surface area contributed by atoms with Crippen LogP contribution < -0.4 is 0 Å². The SMILES string of the molecule is COCCn1ccnc1CN1CCn2nc([C@H](O)C3CC3)cc2C1. The van der Waals surface area contributed by atoms with Gasteiger partial charge in [-0.2, -0.15) is 5.10 Å². The molecule has 2 aliphatic rings. The molecule has 0 saturated heterocycles. The van der Waals surface area contributed by atoms with E-state index in [1.807, 2.05) is 12.4 Å². The summed E-state index contributed by atoms with van der Waals surface area (Å²) in [4.78, 5) is 6.87. The molecule has 24 heavy (non-hydrogen) atoms. The van der Waals surface area contributed by atoms with Crippen molar-refractivity contribution in [3.8, 4) is 0 Å². The monoisotopic (exact) mass is 331 g/mol. The zero-order valence-electron chi connectivity index (χ0n) is 14.1. The van der Waals surface area contributed by atoms with Crippen LogP contribution in [0.5, 0.6) is 0 Å². The normalized spacial score (nSPS) is 19.4. The van der Waals surface area contributed by atoms with Crippen molar-refractivity contribution in [2.75, 3.05) is 20.3 Å². The van der Waals surface area contributed by atoms with Crippen LogP contribution in [0.1, 0.15) is 36.2 Å². The molecular weight excluding hydrogens is 306 g/mol. The summed E-state index contributed by atoms with van der Waals surface area (Å²) in [5.41, 5.74) is 2.03. The summed E-state index contributed by atoms with van der Waals surface area (Å²) in [5.74, 6) is 1.49. The molecule has 2 aromatic heterocycles. The molecule has 0 aromatic carbocycles. The molecule has 3 heterocycles. The van der Waals surface area contributed by atoms with Gasteiger partial charge in [-0.25, -0.2) is 4.98 Å². The number of methoxy groups -OCH3 is 1. The van der Waals surface area contributed by atoms with Crippen LogP contribution in [0, 0.1) is 5.92 Å². The van der Waals surface area contributed by atoms with Gasteiger partial charge in [-0.05, 0) is 24.8 Å². The molecule has 0 radical (unpaired) electrons. The van der Waals surface area contributed by atoms with Crippen molar-refractivity contribution < 1.29 is 9.84 Å². The Morgan fingerprint density at radius 1 is 1.38 bits per heavy atom. The maximum Gasteiger partial charge on any atom is 0.122 e. The lowest BCUT2D eigenvalue weighted by atomic mass is 10.1. The Labute approximate surface area is 141 Å². The fourth-order valence-corrected chi connectivity index (χ4v) is 3.36. The Morgan fingerprint density at radius 2 is 2.25 bits per heavy atom. The first-order valence-electron chi connectivity index (χ1n) is 8.70. The minimum Gasteiger partial charge on any atom is -0.386 e. The lowest BCUT2D eigenvalue weighted by molar-refractivity contribution is 0.147. The van der Waals surface area contributed by atoms with E-state index < -0.39 is 0 Å². The van der Waals surface area contributed by atoms with Gasteiger partial charge in [0.15, 0.2) is 0 Å². The molecule has 2 aromatic rings. The summed E-state index contributed by atoms with van der Waals surface area (Å²) in [7, 11) is 1.72. The summed E-state index contributed by atoms with van der Waals surface area (Å²) in [6.07, 6.45) is 5.72. The van der Waals surface area contributed by atoms with Crippen molar-refractivity contribution >= 4 is 0 Å². The summed E-state index contributed by atoms with van der Waals surface area (Å²) < 4.78 is 9.36. The summed E-state index contributed by atoms with van der Waals surface area (Å²) in [5, 5.41) is 14.9. The molecule has 0 unspecified atom stereocenters. The van der Waals surface area contributed by atoms with E-state index in [-0.39, 0.29) is 6.10 Å². The van der Waals surface area contributed by atoms with E-state index in [1.54, 1.807) is 7.11 Å². The van der Waals surface area contributed by atoms with Crippen molar-refractivity contribution in [1.82, 2.24) is 24.2 Å². The molecule has 0 spiro atoms. The number of hydrogen-bond donors (Lipinski definition) is 1. The van der Waals surface area contributed by atoms with E-state index >= 15 is 0 Å². The first-order valence-corrected chi connectivity index (χ1v) is 8.70. The Bertz CT molecular complexity index is 691. The Kier molecular flexibility index (Phi) is 4.39. The van der Waals surface area contributed by atoms with E-state index in [2.05, 4.69) is 30.3 Å². The number of aliphatic hydroxyl groups excluding tert-OH is 1. The fraction of sp³-hybridized carbons (Fsp3) is 0.647. The molecule has 7 heteroatoms. The first kappa shape index (κ1) is 15.8. The fourth-order valence-electron chi connectivity index (χ4n) is 3.36. The van der Waals surface area contributed by atoms with E-state index in [1.165, 1.54) is 5.69 Å². The van der Waals surface area contributed by atoms with Crippen LogP contribution in [0.2, 0.25) is 0 Å². The third-order valence-electron chi connectivity index (χ3n) is 4.97. The molecule has 1 aliphatic carbocycles. The number of rotatable bonds is 7. The molecule has 4 rings (SSSR count). The number of nitrogens with zero attached hydrogens (tertiary/aromatic N) is 5. The second-order valence-electron chi connectivity index (χ2n) is 6.81. The van der Waals surface area contributed by atoms with Crippen molar-refractivity contribution in [3.05, 3.63) is 35.7 Å². The van der Waals surface area contributed by atoms with Gasteiger partial charge in [-0.3, -0.25) is 9.58 Å². The van der Waals surface area contributed by atoms with Crippen molar-refractivity contribution in [2.24, 2.45) is 5.92 Å². The van der Waals surface area contributed by atoms with E-state index in [4.69, 9.17) is 4.74 Å². The van der Waals surface area contributed by atoms with Gasteiger partial charge >= 0.3 is 0 Å². The van der Waals surface area contributed by atoms with Crippen molar-refractivity contribution in [2.45, 2.75) is 45.1 Å². The van der Waals surface area contributed by atoms with Gasteiger partial charge < -0.3 is 14.4 Å². The van der Waals surface area contributed by atoms with E-state index in [0.29, 0.717) is 12.5 Å². The van der Waals surface area contributed by atoms with Gasteiger partial charge in [0, 0.05) is 39.1 Å². The molecule has 1 fully saturated rings. The summed E-state index contributed by atoms with van der Waals surface area (Å²) in [6.45, 7) is 5.01. The van der Waals surface area contributed by atoms with Crippen LogP contribution in [0.3, 0.4) is 0 Å². The Balaban J connectivity index is 1.42. The number of aromatic nitrogens is 4. The minimum absolute atomic E-state index is 0.385. The topological polar surface area (TPSA) is 68.3 Å². The third kappa shape index (κ3) is 3.24. The predicted octanol–water partition coefficient (Wildman–Crippen LogP) is 1.19. The average Bonchev–Trinajstić information content (AvgIpc) is 3.21. The number of fused-ring (bicyclic) bond motifs is 1. The predicted molar refractivity (Wildman–Crippen MR) is 88.1 cm³/mol. The lowest BCUT2D eigenvalue weighted by Crippen LogP contribution is -2.34. The second-order valence-corrected chi connectivity index (χ2v) is 6.81. The highest BCUT2D eigenvalue weighted by molar-refractivity contribution is 5.16. The summed E-state index contributed by atoms with van der Waals surface area (Å²) in [6, 6.07) is 2.08. The molecule has 1 saturated carbocycles. The summed E-state index contributed by atoms with van der Waals surface area (Å²) >= 11 is 0. The van der Waals surface area contributed by atoms with Gasteiger partial charge in [-0.15, -0.1) is 0 Å². The van der Waals surface area contributed by atoms with Crippen LogP contribution in [-0.4, -0.2) is 49.6 Å². The number of imidazole rings is 1. The molecule has 1 atom stereocenters. The third-order valence-corrected chi connectivity index (χ3v) is 4.97. The van der Waals surface area contributed by atoms with Crippen LogP contribution in [-0.2, 0) is 30.9 Å². The standard InChI is InChI=1S/C17H25N5O2/c1-24-9-8-21-5-4-18-16(21)12-20-6-7-22-14(11-20)10-15(19-22)17(23)13-2-3-13/h4-5,10,13,17,23H,2-3,6-9,11-12H2,1H3/t17-/m1/s1. The van der Waals surface area contributed by atoms with Gasteiger partial charge in [0.25, 0.3) is 0 Å². The maximum atomic E-state index is 10.3.